The Kier molecular flexibility index (Phi) is 2.73. The Hall–Kier alpha value is -0.740. The minimum absolute atomic E-state index is 0.380. The van der Waals surface area contributed by atoms with Gasteiger partial charge in [0.1, 0.15) is 0 Å². The number of carbonyl (C=O) groups excluding carboxylic acids is 1. The van der Waals surface area contributed by atoms with E-state index in [2.05, 4.69) is 9.57 Å². The summed E-state index contributed by atoms with van der Waals surface area (Å²) in [5.74, 6) is -0.380. The fourth-order valence-corrected chi connectivity index (χ4v) is 1.61. The first-order valence-electron chi connectivity index (χ1n) is 2.80. The topological polar surface area (TPSA) is 38.3 Å². The SMILES string of the molecule is COC(=O)c1cscc1NCl. The van der Waals surface area contributed by atoms with Gasteiger partial charge in [0.05, 0.1) is 18.4 Å². The normalized spacial score (nSPS) is 9.27. The summed E-state index contributed by atoms with van der Waals surface area (Å²) in [5, 5.41) is 3.41. The van der Waals surface area contributed by atoms with Crippen molar-refractivity contribution in [3.05, 3.63) is 16.3 Å². The molecule has 0 amide bonds. The molecule has 0 aromatic carbocycles. The number of nitrogens with one attached hydrogen (secondary N) is 1. The quantitative estimate of drug-likeness (QED) is 0.575. The zero-order valence-corrected chi connectivity index (χ0v) is 7.33. The molecule has 3 nitrogen and oxygen atoms in total. The molecule has 0 aliphatic carbocycles. The van der Waals surface area contributed by atoms with Crippen molar-refractivity contribution in [1.29, 1.82) is 0 Å². The summed E-state index contributed by atoms with van der Waals surface area (Å²) in [6.45, 7) is 0. The number of methoxy groups -OCH3 is 1. The van der Waals surface area contributed by atoms with Crippen molar-refractivity contribution in [1.82, 2.24) is 0 Å². The van der Waals surface area contributed by atoms with Crippen LogP contribution in [0.15, 0.2) is 10.8 Å². The Balaban J connectivity index is 2.92. The minimum atomic E-state index is -0.380. The first-order valence-corrected chi connectivity index (χ1v) is 4.13. The summed E-state index contributed by atoms with van der Waals surface area (Å²) in [6.07, 6.45) is 0. The van der Waals surface area contributed by atoms with Crippen molar-refractivity contribution in [3.63, 3.8) is 0 Å². The maximum atomic E-state index is 10.9. The zero-order valence-electron chi connectivity index (χ0n) is 5.76. The molecule has 1 aromatic rings. The van der Waals surface area contributed by atoms with Crippen LogP contribution in [0.4, 0.5) is 5.69 Å². The van der Waals surface area contributed by atoms with Crippen LogP contribution in [0.5, 0.6) is 0 Å². The van der Waals surface area contributed by atoms with Crippen LogP contribution in [0.1, 0.15) is 10.4 Å². The van der Waals surface area contributed by atoms with E-state index in [0.717, 1.165) is 0 Å². The molecule has 5 heteroatoms. The number of halogens is 1. The van der Waals surface area contributed by atoms with Crippen molar-refractivity contribution in [2.24, 2.45) is 0 Å². The molecule has 0 fully saturated rings. The van der Waals surface area contributed by atoms with E-state index in [4.69, 9.17) is 11.8 Å². The van der Waals surface area contributed by atoms with Crippen molar-refractivity contribution in [2.45, 2.75) is 0 Å². The van der Waals surface area contributed by atoms with Gasteiger partial charge in [0, 0.05) is 22.5 Å². The smallest absolute Gasteiger partial charge is 0.340 e. The molecule has 0 aliphatic heterocycles. The minimum Gasteiger partial charge on any atom is -0.465 e. The predicted molar refractivity (Wildman–Crippen MR) is 45.1 cm³/mol. The van der Waals surface area contributed by atoms with E-state index in [9.17, 15) is 4.79 Å². The Bertz CT molecular complexity index is 261. The summed E-state index contributed by atoms with van der Waals surface area (Å²) >= 11 is 6.71. The summed E-state index contributed by atoms with van der Waals surface area (Å²) in [4.78, 5) is 13.3. The van der Waals surface area contributed by atoms with Gasteiger partial charge in [-0.25, -0.2) is 4.79 Å². The number of hydrogen-bond acceptors (Lipinski definition) is 4. The molecule has 0 spiro atoms. The molecule has 0 aliphatic rings. The van der Waals surface area contributed by atoms with E-state index < -0.39 is 0 Å². The third-order valence-corrected chi connectivity index (χ3v) is 2.12. The fraction of sp³-hybridized carbons (Fsp3) is 0.167. The number of ether oxygens (including phenoxy) is 1. The van der Waals surface area contributed by atoms with Crippen LogP contribution in [0.2, 0.25) is 0 Å². The highest BCUT2D eigenvalue weighted by Gasteiger charge is 2.11. The molecule has 0 bridgehead atoms. The lowest BCUT2D eigenvalue weighted by atomic mass is 10.3. The van der Waals surface area contributed by atoms with Crippen LogP contribution < -0.4 is 4.84 Å². The van der Waals surface area contributed by atoms with Gasteiger partial charge in [0.25, 0.3) is 0 Å². The molecule has 0 radical (unpaired) electrons. The average Bonchev–Trinajstić information content (AvgIpc) is 2.50. The molecule has 1 aromatic heterocycles. The lowest BCUT2D eigenvalue weighted by molar-refractivity contribution is 0.0602. The van der Waals surface area contributed by atoms with Crippen molar-refractivity contribution < 1.29 is 9.53 Å². The Morgan fingerprint density at radius 1 is 1.73 bits per heavy atom. The van der Waals surface area contributed by atoms with Crippen molar-refractivity contribution in [2.75, 3.05) is 11.9 Å². The van der Waals surface area contributed by atoms with Gasteiger partial charge >= 0.3 is 5.97 Å². The van der Waals surface area contributed by atoms with E-state index in [0.29, 0.717) is 11.3 Å². The second-order valence-electron chi connectivity index (χ2n) is 1.79. The fourth-order valence-electron chi connectivity index (χ4n) is 0.638. The predicted octanol–water partition coefficient (Wildman–Crippen LogP) is 2.10. The van der Waals surface area contributed by atoms with E-state index in [1.807, 2.05) is 0 Å². The first-order chi connectivity index (χ1) is 5.29. The lowest BCUT2D eigenvalue weighted by Crippen LogP contribution is -2.01. The molecule has 0 unspecified atom stereocenters. The number of hydrogen-bond donors (Lipinski definition) is 1. The van der Waals surface area contributed by atoms with E-state index >= 15 is 0 Å². The summed E-state index contributed by atoms with van der Waals surface area (Å²) in [6, 6.07) is 0. The highest BCUT2D eigenvalue weighted by Crippen LogP contribution is 2.21. The van der Waals surface area contributed by atoms with Gasteiger partial charge in [-0.15, -0.1) is 11.3 Å². The van der Waals surface area contributed by atoms with Gasteiger partial charge in [-0.3, -0.25) is 4.84 Å². The third kappa shape index (κ3) is 1.64. The van der Waals surface area contributed by atoms with Crippen LogP contribution >= 0.6 is 23.1 Å². The lowest BCUT2D eigenvalue weighted by Gasteiger charge is -1.97. The van der Waals surface area contributed by atoms with Gasteiger partial charge in [0.15, 0.2) is 0 Å². The first kappa shape index (κ1) is 8.36. The molecular formula is C6H6ClNO2S. The summed E-state index contributed by atoms with van der Waals surface area (Å²) in [5.41, 5.74) is 1.05. The van der Waals surface area contributed by atoms with Gasteiger partial charge in [-0.05, 0) is 0 Å². The Morgan fingerprint density at radius 2 is 2.45 bits per heavy atom. The monoisotopic (exact) mass is 191 g/mol. The van der Waals surface area contributed by atoms with E-state index in [-0.39, 0.29) is 5.97 Å². The van der Waals surface area contributed by atoms with Crippen LogP contribution in [0.3, 0.4) is 0 Å². The molecule has 1 N–H and O–H groups in total. The molecule has 1 rings (SSSR count). The second-order valence-corrected chi connectivity index (χ2v) is 2.72. The van der Waals surface area contributed by atoms with Gasteiger partial charge in [-0.2, -0.15) is 0 Å². The molecule has 60 valence electrons. The molecule has 1 heterocycles. The van der Waals surface area contributed by atoms with Crippen LogP contribution in [-0.2, 0) is 4.74 Å². The maximum Gasteiger partial charge on any atom is 0.340 e. The number of esters is 1. The molecule has 11 heavy (non-hydrogen) atoms. The second kappa shape index (κ2) is 3.59. The van der Waals surface area contributed by atoms with Crippen LogP contribution in [0.25, 0.3) is 0 Å². The molecule has 0 saturated carbocycles. The van der Waals surface area contributed by atoms with E-state index in [1.54, 1.807) is 10.8 Å². The highest BCUT2D eigenvalue weighted by molar-refractivity contribution is 7.08. The van der Waals surface area contributed by atoms with E-state index in [1.165, 1.54) is 18.4 Å². The number of thiophene rings is 1. The number of carbonyl (C=O) groups is 1. The molecule has 0 saturated heterocycles. The zero-order chi connectivity index (χ0) is 8.27. The van der Waals surface area contributed by atoms with Crippen molar-refractivity contribution in [3.8, 4) is 0 Å². The van der Waals surface area contributed by atoms with Gasteiger partial charge in [-0.1, -0.05) is 0 Å². The average molecular weight is 192 g/mol. The van der Waals surface area contributed by atoms with Crippen LogP contribution in [0, 0.1) is 0 Å². The number of rotatable bonds is 2. The third-order valence-electron chi connectivity index (χ3n) is 1.17. The highest BCUT2D eigenvalue weighted by atomic mass is 35.5. The summed E-state index contributed by atoms with van der Waals surface area (Å²) < 4.78 is 4.51. The van der Waals surface area contributed by atoms with Crippen molar-refractivity contribution >= 4 is 34.8 Å². The Labute approximate surface area is 73.0 Å². The molecule has 0 atom stereocenters. The van der Waals surface area contributed by atoms with Gasteiger partial charge in [0.2, 0.25) is 0 Å². The standard InChI is InChI=1S/C6H6ClNO2S/c1-10-6(9)4-2-11-3-5(4)8-7/h2-3,8H,1H3. The largest absolute Gasteiger partial charge is 0.465 e. The van der Waals surface area contributed by atoms with Crippen LogP contribution in [-0.4, -0.2) is 13.1 Å². The van der Waals surface area contributed by atoms with Gasteiger partial charge < -0.3 is 4.74 Å². The number of anilines is 1. The maximum absolute atomic E-state index is 10.9. The Morgan fingerprint density at radius 3 is 3.00 bits per heavy atom. The summed E-state index contributed by atoms with van der Waals surface area (Å²) in [7, 11) is 1.33. The molecular weight excluding hydrogens is 186 g/mol.